The van der Waals surface area contributed by atoms with E-state index in [9.17, 15) is 18.8 Å². The Labute approximate surface area is 206 Å². The minimum absolute atomic E-state index is 0.141. The molecule has 0 spiro atoms. The molecule has 9 nitrogen and oxygen atoms in total. The third-order valence-corrected chi connectivity index (χ3v) is 6.17. The fraction of sp³-hybridized carbons (Fsp3) is 0.346. The molecular formula is C26H24FN3O6. The van der Waals surface area contributed by atoms with Gasteiger partial charge in [0.1, 0.15) is 17.6 Å². The summed E-state index contributed by atoms with van der Waals surface area (Å²) in [6.45, 7) is 2.12. The Balaban J connectivity index is 1.26. The molecule has 1 aromatic heterocycles. The molecule has 5 rings (SSSR count). The Bertz CT molecular complexity index is 1300. The number of ether oxygens (including phenoxy) is 2. The molecule has 186 valence electrons. The molecule has 1 saturated carbocycles. The minimum Gasteiger partial charge on any atom is -0.481 e. The van der Waals surface area contributed by atoms with Crippen LogP contribution in [0, 0.1) is 11.7 Å². The Morgan fingerprint density at radius 2 is 1.94 bits per heavy atom. The van der Waals surface area contributed by atoms with E-state index < -0.39 is 29.8 Å². The Hall–Kier alpha value is -4.08. The zero-order valence-corrected chi connectivity index (χ0v) is 19.5. The minimum atomic E-state index is -0.785. The molecule has 2 aliphatic rings. The lowest BCUT2D eigenvalue weighted by molar-refractivity contribution is -0.139. The van der Waals surface area contributed by atoms with Crippen molar-refractivity contribution in [1.82, 2.24) is 15.5 Å². The number of amides is 1. The number of hydrogen-bond acceptors (Lipinski definition) is 8. The number of aromatic nitrogens is 2. The molecule has 2 heterocycles. The maximum Gasteiger partial charge on any atom is 0.328 e. The number of Topliss-reactive ketones (excluding diaryl/α,β-unsaturated/α-hetero) is 1. The Kier molecular flexibility index (Phi) is 6.49. The number of hydrogen-bond donors (Lipinski definition) is 1. The lowest BCUT2D eigenvalue weighted by atomic mass is 10.1. The molecule has 1 saturated heterocycles. The zero-order chi connectivity index (χ0) is 25.2. The van der Waals surface area contributed by atoms with E-state index >= 15 is 0 Å². The van der Waals surface area contributed by atoms with Crippen LogP contribution in [-0.4, -0.2) is 40.4 Å². The monoisotopic (exact) mass is 493 g/mol. The molecule has 36 heavy (non-hydrogen) atoms. The van der Waals surface area contributed by atoms with Crippen LogP contribution >= 0.6 is 0 Å². The summed E-state index contributed by atoms with van der Waals surface area (Å²) in [5.74, 6) is -0.803. The fourth-order valence-electron chi connectivity index (χ4n) is 3.94. The molecule has 0 radical (unpaired) electrons. The highest BCUT2D eigenvalue weighted by Crippen LogP contribution is 2.33. The highest BCUT2D eigenvalue weighted by atomic mass is 19.1. The molecule has 1 aliphatic carbocycles. The van der Waals surface area contributed by atoms with Crippen molar-refractivity contribution in [3.05, 3.63) is 65.3 Å². The van der Waals surface area contributed by atoms with Crippen LogP contribution in [0.1, 0.15) is 65.3 Å². The first kappa shape index (κ1) is 23.7. The van der Waals surface area contributed by atoms with Crippen LogP contribution in [0.5, 0.6) is 5.75 Å². The molecule has 1 amide bonds. The van der Waals surface area contributed by atoms with Crippen molar-refractivity contribution in [2.24, 2.45) is 5.92 Å². The quantitative estimate of drug-likeness (QED) is 0.350. The van der Waals surface area contributed by atoms with Gasteiger partial charge in [-0.2, -0.15) is 4.98 Å². The fourth-order valence-corrected chi connectivity index (χ4v) is 3.94. The van der Waals surface area contributed by atoms with E-state index in [0.29, 0.717) is 29.7 Å². The average Bonchev–Trinajstić information content (AvgIpc) is 3.49. The molecule has 2 fully saturated rings. The van der Waals surface area contributed by atoms with Crippen LogP contribution < -0.4 is 10.1 Å². The van der Waals surface area contributed by atoms with Gasteiger partial charge in [-0.1, -0.05) is 18.1 Å². The van der Waals surface area contributed by atoms with Crippen molar-refractivity contribution in [1.29, 1.82) is 0 Å². The SMILES string of the molecule is CC[C@@H](Oc1ccc(C(=O)C2CC2)cc1)c1nc(-c2ccc(C(=O)N[C@@H]3CCOC3=O)c(F)c2)no1. The van der Waals surface area contributed by atoms with Crippen LogP contribution in [-0.2, 0) is 9.53 Å². The number of carbonyl (C=O) groups excluding carboxylic acids is 3. The number of esters is 1. The van der Waals surface area contributed by atoms with Gasteiger partial charge in [0.15, 0.2) is 11.9 Å². The molecule has 2 atom stereocenters. The van der Waals surface area contributed by atoms with Gasteiger partial charge in [0.05, 0.1) is 12.2 Å². The zero-order valence-electron chi connectivity index (χ0n) is 19.5. The maximum absolute atomic E-state index is 14.7. The van der Waals surface area contributed by atoms with Gasteiger partial charge in [-0.15, -0.1) is 0 Å². The van der Waals surface area contributed by atoms with Crippen molar-refractivity contribution in [2.75, 3.05) is 6.61 Å². The predicted molar refractivity (Wildman–Crippen MR) is 124 cm³/mol. The molecule has 3 aromatic rings. The standard InChI is InChI=1S/C26H24FN3O6/c1-2-21(35-17-8-5-15(6-9-17)22(31)14-3-4-14)25-29-23(30-36-25)16-7-10-18(19(27)13-16)24(32)28-20-11-12-34-26(20)33/h5-10,13-14,20-21H,2-4,11-12H2,1H3,(H,28,32)/t20-,21-/m1/s1. The summed E-state index contributed by atoms with van der Waals surface area (Å²) in [5, 5.41) is 6.40. The van der Waals surface area contributed by atoms with Gasteiger partial charge in [0.2, 0.25) is 5.82 Å². The Morgan fingerprint density at radius 1 is 1.17 bits per heavy atom. The van der Waals surface area contributed by atoms with Crippen molar-refractivity contribution >= 4 is 17.7 Å². The van der Waals surface area contributed by atoms with Crippen LogP contribution in [0.2, 0.25) is 0 Å². The molecule has 10 heteroatoms. The normalized spacial score (nSPS) is 17.9. The second-order valence-corrected chi connectivity index (χ2v) is 8.81. The first-order chi connectivity index (χ1) is 17.4. The third-order valence-electron chi connectivity index (χ3n) is 6.17. The highest BCUT2D eigenvalue weighted by Gasteiger charge is 2.31. The second kappa shape index (κ2) is 9.88. The van der Waals surface area contributed by atoms with E-state index in [2.05, 4.69) is 15.5 Å². The first-order valence-corrected chi connectivity index (χ1v) is 11.8. The number of cyclic esters (lactones) is 1. The summed E-state index contributed by atoms with van der Waals surface area (Å²) in [6.07, 6.45) is 2.23. The van der Waals surface area contributed by atoms with E-state index in [1.807, 2.05) is 6.92 Å². The van der Waals surface area contributed by atoms with E-state index in [0.717, 1.165) is 18.9 Å². The summed E-state index contributed by atoms with van der Waals surface area (Å²) in [5.41, 5.74) is 0.776. The summed E-state index contributed by atoms with van der Waals surface area (Å²) in [4.78, 5) is 40.5. The number of halogens is 1. The van der Waals surface area contributed by atoms with Gasteiger partial charge >= 0.3 is 5.97 Å². The van der Waals surface area contributed by atoms with Gasteiger partial charge < -0.3 is 19.3 Å². The third kappa shape index (κ3) is 4.98. The lowest BCUT2D eigenvalue weighted by Gasteiger charge is -2.13. The van der Waals surface area contributed by atoms with Crippen molar-refractivity contribution in [2.45, 2.75) is 44.8 Å². The maximum atomic E-state index is 14.7. The Morgan fingerprint density at radius 3 is 2.58 bits per heavy atom. The predicted octanol–water partition coefficient (Wildman–Crippen LogP) is 4.04. The van der Waals surface area contributed by atoms with Gasteiger partial charge in [0.25, 0.3) is 11.8 Å². The topological polar surface area (TPSA) is 121 Å². The number of benzene rings is 2. The second-order valence-electron chi connectivity index (χ2n) is 8.81. The lowest BCUT2D eigenvalue weighted by Crippen LogP contribution is -2.38. The molecule has 0 bridgehead atoms. The van der Waals surface area contributed by atoms with E-state index in [-0.39, 0.29) is 35.6 Å². The van der Waals surface area contributed by atoms with Gasteiger partial charge in [-0.3, -0.25) is 9.59 Å². The van der Waals surface area contributed by atoms with Crippen LogP contribution in [0.15, 0.2) is 47.0 Å². The molecule has 1 aliphatic heterocycles. The smallest absolute Gasteiger partial charge is 0.328 e. The van der Waals surface area contributed by atoms with Gasteiger partial charge in [0, 0.05) is 23.5 Å². The number of ketones is 1. The van der Waals surface area contributed by atoms with Gasteiger partial charge in [-0.05, 0) is 55.7 Å². The van der Waals surface area contributed by atoms with Crippen molar-refractivity contribution < 1.29 is 32.8 Å². The highest BCUT2D eigenvalue weighted by molar-refractivity contribution is 5.99. The van der Waals surface area contributed by atoms with Crippen molar-refractivity contribution in [3.63, 3.8) is 0 Å². The number of nitrogens with one attached hydrogen (secondary N) is 1. The molecule has 1 N–H and O–H groups in total. The van der Waals surface area contributed by atoms with E-state index in [1.165, 1.54) is 12.1 Å². The number of rotatable bonds is 9. The van der Waals surface area contributed by atoms with Crippen LogP contribution in [0.25, 0.3) is 11.4 Å². The largest absolute Gasteiger partial charge is 0.481 e. The summed E-state index contributed by atoms with van der Waals surface area (Å²) in [7, 11) is 0. The van der Waals surface area contributed by atoms with Crippen LogP contribution in [0.4, 0.5) is 4.39 Å². The molecular weight excluding hydrogens is 469 g/mol. The summed E-state index contributed by atoms with van der Waals surface area (Å²) >= 11 is 0. The van der Waals surface area contributed by atoms with Crippen molar-refractivity contribution in [3.8, 4) is 17.1 Å². The van der Waals surface area contributed by atoms with Crippen LogP contribution in [0.3, 0.4) is 0 Å². The molecule has 2 aromatic carbocycles. The number of carbonyl (C=O) groups is 3. The van der Waals surface area contributed by atoms with E-state index in [1.54, 1.807) is 24.3 Å². The average molecular weight is 493 g/mol. The van der Waals surface area contributed by atoms with E-state index in [4.69, 9.17) is 14.0 Å². The molecule has 0 unspecified atom stereocenters. The summed E-state index contributed by atoms with van der Waals surface area (Å²) < 4.78 is 30.9. The number of nitrogens with zero attached hydrogens (tertiary/aromatic N) is 2. The first-order valence-electron chi connectivity index (χ1n) is 11.8. The summed E-state index contributed by atoms with van der Waals surface area (Å²) in [6, 6.07) is 10.1. The van der Waals surface area contributed by atoms with Gasteiger partial charge in [-0.25, -0.2) is 9.18 Å².